The number of thiophene rings is 1. The zero-order valence-electron chi connectivity index (χ0n) is 11.2. The van der Waals surface area contributed by atoms with Gasteiger partial charge in [0, 0.05) is 10.4 Å². The van der Waals surface area contributed by atoms with Gasteiger partial charge in [-0.05, 0) is 29.6 Å². The zero-order chi connectivity index (χ0) is 14.5. The number of nitrogens with zero attached hydrogens (tertiary/aromatic N) is 1. The Balaban J connectivity index is 2.52. The number of ether oxygens (including phenoxy) is 2. The predicted molar refractivity (Wildman–Crippen MR) is 80.5 cm³/mol. The van der Waals surface area contributed by atoms with Gasteiger partial charge in [0.05, 0.1) is 25.5 Å². The SMILES string of the molecule is COc1ccc(/C(N)=C(/C#N)c2cccs2)cc1OC. The lowest BCUT2D eigenvalue weighted by Gasteiger charge is -2.10. The van der Waals surface area contributed by atoms with Crippen molar-refractivity contribution in [3.63, 3.8) is 0 Å². The van der Waals surface area contributed by atoms with Crippen molar-refractivity contribution in [2.75, 3.05) is 14.2 Å². The normalized spacial score (nSPS) is 11.4. The Morgan fingerprint density at radius 1 is 1.20 bits per heavy atom. The van der Waals surface area contributed by atoms with Crippen LogP contribution in [0.5, 0.6) is 11.5 Å². The molecule has 0 radical (unpaired) electrons. The van der Waals surface area contributed by atoms with E-state index >= 15 is 0 Å². The molecule has 1 heterocycles. The van der Waals surface area contributed by atoms with Crippen LogP contribution in [0.1, 0.15) is 10.4 Å². The topological polar surface area (TPSA) is 68.3 Å². The highest BCUT2D eigenvalue weighted by Gasteiger charge is 2.12. The highest BCUT2D eigenvalue weighted by Crippen LogP contribution is 2.32. The van der Waals surface area contributed by atoms with Crippen LogP contribution in [0.2, 0.25) is 0 Å². The zero-order valence-corrected chi connectivity index (χ0v) is 12.0. The molecule has 1 aromatic heterocycles. The Morgan fingerprint density at radius 2 is 1.95 bits per heavy atom. The number of hydrogen-bond acceptors (Lipinski definition) is 5. The van der Waals surface area contributed by atoms with Crippen molar-refractivity contribution in [2.24, 2.45) is 5.73 Å². The molecule has 2 N–H and O–H groups in total. The molecule has 0 spiro atoms. The first kappa shape index (κ1) is 14.0. The third-order valence-electron chi connectivity index (χ3n) is 2.84. The minimum absolute atomic E-state index is 0.427. The first-order valence-corrected chi connectivity index (χ1v) is 6.75. The number of benzene rings is 1. The maximum absolute atomic E-state index is 9.32. The molecule has 4 nitrogen and oxygen atoms in total. The molecule has 0 unspecified atom stereocenters. The van der Waals surface area contributed by atoms with Gasteiger partial charge in [-0.3, -0.25) is 0 Å². The van der Waals surface area contributed by atoms with Crippen molar-refractivity contribution < 1.29 is 9.47 Å². The van der Waals surface area contributed by atoms with E-state index in [1.807, 2.05) is 23.6 Å². The minimum Gasteiger partial charge on any atom is -0.493 e. The molecule has 0 aliphatic rings. The van der Waals surface area contributed by atoms with Crippen LogP contribution in [0.3, 0.4) is 0 Å². The lowest BCUT2D eigenvalue weighted by atomic mass is 10.1. The average Bonchev–Trinajstić information content (AvgIpc) is 3.01. The molecule has 0 aliphatic heterocycles. The van der Waals surface area contributed by atoms with E-state index in [1.165, 1.54) is 11.3 Å². The molecule has 0 aliphatic carbocycles. The van der Waals surface area contributed by atoms with Crippen molar-refractivity contribution in [1.29, 1.82) is 5.26 Å². The molecule has 5 heteroatoms. The van der Waals surface area contributed by atoms with Crippen molar-refractivity contribution in [1.82, 2.24) is 0 Å². The van der Waals surface area contributed by atoms with Crippen LogP contribution in [0, 0.1) is 11.3 Å². The first-order valence-electron chi connectivity index (χ1n) is 5.87. The van der Waals surface area contributed by atoms with Crippen LogP contribution in [0.4, 0.5) is 0 Å². The highest BCUT2D eigenvalue weighted by atomic mass is 32.1. The molecule has 0 atom stereocenters. The van der Waals surface area contributed by atoms with E-state index < -0.39 is 0 Å². The summed E-state index contributed by atoms with van der Waals surface area (Å²) in [6.45, 7) is 0. The standard InChI is InChI=1S/C15H14N2O2S/c1-18-12-6-5-10(8-13(12)19-2)15(17)11(9-16)14-4-3-7-20-14/h3-8H,17H2,1-2H3/b15-11+. The fourth-order valence-corrected chi connectivity index (χ4v) is 2.55. The van der Waals surface area contributed by atoms with Crippen LogP contribution in [-0.4, -0.2) is 14.2 Å². The van der Waals surface area contributed by atoms with Crippen LogP contribution < -0.4 is 15.2 Å². The van der Waals surface area contributed by atoms with Crippen molar-refractivity contribution >= 4 is 22.6 Å². The van der Waals surface area contributed by atoms with Crippen LogP contribution in [-0.2, 0) is 0 Å². The van der Waals surface area contributed by atoms with Gasteiger partial charge in [0.2, 0.25) is 0 Å². The molecule has 0 saturated carbocycles. The summed E-state index contributed by atoms with van der Waals surface area (Å²) in [5.74, 6) is 1.20. The second-order valence-corrected chi connectivity index (χ2v) is 4.90. The lowest BCUT2D eigenvalue weighted by molar-refractivity contribution is 0.355. The largest absolute Gasteiger partial charge is 0.493 e. The lowest BCUT2D eigenvalue weighted by Crippen LogP contribution is -2.01. The third-order valence-corrected chi connectivity index (χ3v) is 3.73. The van der Waals surface area contributed by atoms with E-state index in [0.29, 0.717) is 22.8 Å². The Morgan fingerprint density at radius 3 is 2.50 bits per heavy atom. The summed E-state index contributed by atoms with van der Waals surface area (Å²) >= 11 is 1.48. The fourth-order valence-electron chi connectivity index (χ4n) is 1.82. The van der Waals surface area contributed by atoms with Crippen molar-refractivity contribution in [3.8, 4) is 17.6 Å². The maximum atomic E-state index is 9.32. The monoisotopic (exact) mass is 286 g/mol. The van der Waals surface area contributed by atoms with E-state index in [2.05, 4.69) is 6.07 Å². The van der Waals surface area contributed by atoms with Crippen LogP contribution in [0.15, 0.2) is 35.7 Å². The van der Waals surface area contributed by atoms with Gasteiger partial charge >= 0.3 is 0 Å². The van der Waals surface area contributed by atoms with Gasteiger partial charge in [0.1, 0.15) is 6.07 Å². The molecule has 2 rings (SSSR count). The first-order chi connectivity index (χ1) is 9.71. The Labute approximate surface area is 121 Å². The van der Waals surface area contributed by atoms with Gasteiger partial charge in [-0.2, -0.15) is 5.26 Å². The summed E-state index contributed by atoms with van der Waals surface area (Å²) in [4.78, 5) is 0.847. The Bertz CT molecular complexity index is 670. The number of methoxy groups -OCH3 is 2. The highest BCUT2D eigenvalue weighted by molar-refractivity contribution is 7.11. The Kier molecular flexibility index (Phi) is 4.28. The van der Waals surface area contributed by atoms with Gasteiger partial charge in [-0.1, -0.05) is 6.07 Å². The molecular weight excluding hydrogens is 272 g/mol. The Hall–Kier alpha value is -2.45. The second-order valence-electron chi connectivity index (χ2n) is 3.95. The molecule has 0 bridgehead atoms. The molecule has 0 amide bonds. The smallest absolute Gasteiger partial charge is 0.161 e. The van der Waals surface area contributed by atoms with Crippen LogP contribution >= 0.6 is 11.3 Å². The minimum atomic E-state index is 0.427. The average molecular weight is 286 g/mol. The van der Waals surface area contributed by atoms with Gasteiger partial charge in [-0.15, -0.1) is 11.3 Å². The molecule has 102 valence electrons. The molecule has 0 saturated heterocycles. The van der Waals surface area contributed by atoms with E-state index in [9.17, 15) is 5.26 Å². The summed E-state index contributed by atoms with van der Waals surface area (Å²) in [5.41, 5.74) is 7.74. The number of allylic oxidation sites excluding steroid dienone is 1. The van der Waals surface area contributed by atoms with Gasteiger partial charge in [0.15, 0.2) is 11.5 Å². The molecular formula is C15H14N2O2S. The predicted octanol–water partition coefficient (Wildman–Crippen LogP) is 3.12. The van der Waals surface area contributed by atoms with Crippen molar-refractivity contribution in [3.05, 3.63) is 46.2 Å². The summed E-state index contributed by atoms with van der Waals surface area (Å²) in [7, 11) is 3.13. The van der Waals surface area contributed by atoms with Gasteiger partial charge in [0.25, 0.3) is 0 Å². The second kappa shape index (κ2) is 6.13. The molecule has 0 fully saturated rings. The number of nitriles is 1. The number of hydrogen-bond donors (Lipinski definition) is 1. The molecule has 1 aromatic carbocycles. The van der Waals surface area contributed by atoms with E-state index in [1.54, 1.807) is 26.4 Å². The summed E-state index contributed by atoms with van der Waals surface area (Å²) < 4.78 is 10.4. The molecule has 20 heavy (non-hydrogen) atoms. The summed E-state index contributed by atoms with van der Waals surface area (Å²) in [6, 6.07) is 11.3. The van der Waals surface area contributed by atoms with E-state index in [-0.39, 0.29) is 0 Å². The van der Waals surface area contributed by atoms with E-state index in [0.717, 1.165) is 10.4 Å². The summed E-state index contributed by atoms with van der Waals surface area (Å²) in [6.07, 6.45) is 0. The van der Waals surface area contributed by atoms with Crippen molar-refractivity contribution in [2.45, 2.75) is 0 Å². The number of nitrogens with two attached hydrogens (primary N) is 1. The number of rotatable bonds is 4. The maximum Gasteiger partial charge on any atom is 0.161 e. The summed E-state index contributed by atoms with van der Waals surface area (Å²) in [5, 5.41) is 11.2. The van der Waals surface area contributed by atoms with Gasteiger partial charge in [-0.25, -0.2) is 0 Å². The van der Waals surface area contributed by atoms with Gasteiger partial charge < -0.3 is 15.2 Å². The van der Waals surface area contributed by atoms with E-state index in [4.69, 9.17) is 15.2 Å². The fraction of sp³-hybridized carbons (Fsp3) is 0.133. The third kappa shape index (κ3) is 2.60. The molecule has 2 aromatic rings. The quantitative estimate of drug-likeness (QED) is 0.877. The van der Waals surface area contributed by atoms with Crippen LogP contribution in [0.25, 0.3) is 11.3 Å².